The first kappa shape index (κ1) is 18.9. The average molecular weight is 422 g/mol. The summed E-state index contributed by atoms with van der Waals surface area (Å²) in [5.41, 5.74) is 5.44. The molecule has 0 unspecified atom stereocenters. The predicted molar refractivity (Wildman–Crippen MR) is 88.8 cm³/mol. The fraction of sp³-hybridized carbons (Fsp3) is 0. The van der Waals surface area contributed by atoms with Crippen molar-refractivity contribution in [3.63, 3.8) is 0 Å². The molecule has 0 aromatic heterocycles. The summed E-state index contributed by atoms with van der Waals surface area (Å²) in [5.74, 6) is -1.00. The van der Waals surface area contributed by atoms with Gasteiger partial charge in [0.2, 0.25) is 0 Å². The zero-order valence-corrected chi connectivity index (χ0v) is 13.2. The van der Waals surface area contributed by atoms with Crippen LogP contribution < -0.4 is 5.73 Å². The summed E-state index contributed by atoms with van der Waals surface area (Å²) in [6.07, 6.45) is 0. The second kappa shape index (κ2) is 6.49. The summed E-state index contributed by atoms with van der Waals surface area (Å²) < 4.78 is 32.1. The molecule has 0 radical (unpaired) electrons. The van der Waals surface area contributed by atoms with Crippen LogP contribution in [0, 0.1) is 0 Å². The van der Waals surface area contributed by atoms with E-state index in [1.54, 1.807) is 12.1 Å². The van der Waals surface area contributed by atoms with Crippen molar-refractivity contribution in [3.05, 3.63) is 57.1 Å². The van der Waals surface area contributed by atoms with Gasteiger partial charge in [0.05, 0.1) is 16.8 Å². The second-order valence-corrected chi connectivity index (χ2v) is 6.94. The molecule has 23 heavy (non-hydrogen) atoms. The Kier molecular flexibility index (Phi) is 5.34. The molecular weight excluding hydrogens is 413 g/mol. The van der Waals surface area contributed by atoms with E-state index in [-0.39, 0.29) is 78.1 Å². The Balaban J connectivity index is 0.00000192. The second-order valence-electron chi connectivity index (χ2n) is 4.70. The van der Waals surface area contributed by atoms with Gasteiger partial charge in [-0.05, 0) is 22.0 Å². The number of rotatable bonds is 1. The van der Waals surface area contributed by atoms with Crippen LogP contribution >= 0.6 is 15.9 Å². The standard InChI is InChI=1S/C14H8BrNO5S.K.H/c15-8-5-9(22(19,20)21)12(16)11-10(8)13(17)6-3-1-2-4-7(6)14(11)18;;/h1-5H,16H2,(H,19,20,21);;. The van der Waals surface area contributed by atoms with E-state index in [1.165, 1.54) is 12.1 Å². The Labute approximate surface area is 182 Å². The van der Waals surface area contributed by atoms with Crippen LogP contribution in [-0.2, 0) is 10.1 Å². The molecule has 0 bridgehead atoms. The number of benzene rings is 2. The molecule has 114 valence electrons. The molecule has 1 aliphatic carbocycles. The summed E-state index contributed by atoms with van der Waals surface area (Å²) in [6, 6.07) is 7.21. The van der Waals surface area contributed by atoms with Gasteiger partial charge < -0.3 is 5.73 Å². The van der Waals surface area contributed by atoms with Crippen molar-refractivity contribution < 1.29 is 22.6 Å². The molecule has 0 heterocycles. The Morgan fingerprint density at radius 2 is 1.48 bits per heavy atom. The summed E-state index contributed by atoms with van der Waals surface area (Å²) in [6.45, 7) is 0. The van der Waals surface area contributed by atoms with Crippen molar-refractivity contribution in [1.82, 2.24) is 0 Å². The van der Waals surface area contributed by atoms with Crippen molar-refractivity contribution in [1.29, 1.82) is 0 Å². The van der Waals surface area contributed by atoms with Crippen molar-refractivity contribution in [2.24, 2.45) is 0 Å². The van der Waals surface area contributed by atoms with Gasteiger partial charge in [0, 0.05) is 15.6 Å². The molecular formula is C14H9BrKNO5S. The van der Waals surface area contributed by atoms with Crippen molar-refractivity contribution >= 4 is 94.7 Å². The normalized spacial score (nSPS) is 13.1. The molecule has 9 heteroatoms. The van der Waals surface area contributed by atoms with Crippen molar-refractivity contribution in [2.45, 2.75) is 4.90 Å². The number of hydrogen-bond acceptors (Lipinski definition) is 5. The van der Waals surface area contributed by atoms with Crippen LogP contribution in [0.3, 0.4) is 0 Å². The van der Waals surface area contributed by atoms with Crippen LogP contribution in [0.5, 0.6) is 0 Å². The molecule has 0 fully saturated rings. The Bertz CT molecular complexity index is 971. The molecule has 0 atom stereocenters. The molecule has 2 aromatic rings. The predicted octanol–water partition coefficient (Wildman–Crippen LogP) is 1.40. The van der Waals surface area contributed by atoms with E-state index >= 15 is 0 Å². The molecule has 2 aromatic carbocycles. The third-order valence-electron chi connectivity index (χ3n) is 3.43. The first-order valence-electron chi connectivity index (χ1n) is 6.01. The molecule has 3 N–H and O–H groups in total. The summed E-state index contributed by atoms with van der Waals surface area (Å²) in [7, 11) is -4.63. The van der Waals surface area contributed by atoms with Crippen molar-refractivity contribution in [3.8, 4) is 0 Å². The van der Waals surface area contributed by atoms with Crippen LogP contribution in [0.4, 0.5) is 5.69 Å². The molecule has 1 aliphatic rings. The minimum absolute atomic E-state index is 0. The van der Waals surface area contributed by atoms with Gasteiger partial charge in [-0.25, -0.2) is 0 Å². The monoisotopic (exact) mass is 421 g/mol. The van der Waals surface area contributed by atoms with Gasteiger partial charge in [-0.2, -0.15) is 8.42 Å². The number of nitrogens with two attached hydrogens (primary N) is 1. The van der Waals surface area contributed by atoms with Crippen LogP contribution in [0.1, 0.15) is 31.8 Å². The van der Waals surface area contributed by atoms with Gasteiger partial charge in [0.15, 0.2) is 11.6 Å². The van der Waals surface area contributed by atoms with Gasteiger partial charge >= 0.3 is 51.4 Å². The minimum atomic E-state index is -4.63. The maximum absolute atomic E-state index is 12.6. The van der Waals surface area contributed by atoms with E-state index in [0.29, 0.717) is 0 Å². The number of nitrogen functional groups attached to an aromatic ring is 1. The van der Waals surface area contributed by atoms with Gasteiger partial charge in [-0.15, -0.1) is 0 Å². The van der Waals surface area contributed by atoms with E-state index in [4.69, 9.17) is 5.73 Å². The Hall–Kier alpha value is -0.394. The van der Waals surface area contributed by atoms with Crippen LogP contribution in [0.25, 0.3) is 0 Å². The first-order valence-corrected chi connectivity index (χ1v) is 8.24. The molecule has 0 saturated carbocycles. The number of hydrogen-bond donors (Lipinski definition) is 2. The number of ketones is 2. The van der Waals surface area contributed by atoms with Crippen LogP contribution in [-0.4, -0.2) is 75.9 Å². The van der Waals surface area contributed by atoms with E-state index in [1.807, 2.05) is 0 Å². The van der Waals surface area contributed by atoms with E-state index in [9.17, 15) is 22.6 Å². The van der Waals surface area contributed by atoms with E-state index < -0.39 is 32.3 Å². The SMILES string of the molecule is Nc1c(S(=O)(=O)O)cc(Br)c2c1C(=O)c1ccccc1C2=O.[KH]. The Morgan fingerprint density at radius 3 is 1.96 bits per heavy atom. The van der Waals surface area contributed by atoms with Gasteiger partial charge in [0.25, 0.3) is 10.1 Å². The van der Waals surface area contributed by atoms with E-state index in [2.05, 4.69) is 15.9 Å². The number of anilines is 1. The van der Waals surface area contributed by atoms with Gasteiger partial charge in [-0.1, -0.05) is 24.3 Å². The van der Waals surface area contributed by atoms with Crippen molar-refractivity contribution in [2.75, 3.05) is 5.73 Å². The molecule has 0 saturated heterocycles. The average Bonchev–Trinajstić information content (AvgIpc) is 2.45. The number of halogens is 1. The fourth-order valence-electron chi connectivity index (χ4n) is 2.46. The molecule has 0 aliphatic heterocycles. The van der Waals surface area contributed by atoms with E-state index in [0.717, 1.165) is 6.07 Å². The number of fused-ring (bicyclic) bond motifs is 2. The topological polar surface area (TPSA) is 115 Å². The first-order chi connectivity index (χ1) is 10.2. The Morgan fingerprint density at radius 1 is 1.00 bits per heavy atom. The third kappa shape index (κ3) is 3.00. The fourth-order valence-corrected chi connectivity index (χ4v) is 3.87. The quantitative estimate of drug-likeness (QED) is 0.348. The van der Waals surface area contributed by atoms with Gasteiger partial charge in [0.1, 0.15) is 4.90 Å². The van der Waals surface area contributed by atoms with Crippen LogP contribution in [0.2, 0.25) is 0 Å². The molecule has 0 spiro atoms. The zero-order chi connectivity index (χ0) is 16.2. The van der Waals surface area contributed by atoms with Crippen LogP contribution in [0.15, 0.2) is 39.7 Å². The van der Waals surface area contributed by atoms with Gasteiger partial charge in [-0.3, -0.25) is 14.1 Å². The third-order valence-corrected chi connectivity index (χ3v) is 4.95. The number of carbonyl (C=O) groups excluding carboxylic acids is 2. The summed E-state index contributed by atoms with van der Waals surface area (Å²) in [5, 5.41) is 0. The summed E-state index contributed by atoms with van der Waals surface area (Å²) >= 11 is 3.08. The molecule has 6 nitrogen and oxygen atoms in total. The maximum atomic E-state index is 12.6. The summed E-state index contributed by atoms with van der Waals surface area (Å²) in [4.78, 5) is 24.5. The molecule has 3 rings (SSSR count). The zero-order valence-electron chi connectivity index (χ0n) is 10.8. The molecule has 0 amide bonds. The number of carbonyl (C=O) groups is 2.